The largest absolute Gasteiger partial charge is 0.347 e. The predicted molar refractivity (Wildman–Crippen MR) is 64.2 cm³/mol. The lowest BCUT2D eigenvalue weighted by Gasteiger charge is -2.25. The van der Waals surface area contributed by atoms with Crippen molar-refractivity contribution >= 4 is 21.8 Å². The summed E-state index contributed by atoms with van der Waals surface area (Å²) >= 11 is 3.37. The molecule has 1 amide bonds. The Bertz CT molecular complexity index is 325. The molecule has 0 saturated carbocycles. The maximum atomic E-state index is 11.8. The Hall–Kier alpha value is -0.900. The van der Waals surface area contributed by atoms with Crippen molar-refractivity contribution < 1.29 is 4.79 Å². The van der Waals surface area contributed by atoms with E-state index >= 15 is 0 Å². The van der Waals surface area contributed by atoms with Gasteiger partial charge in [0.25, 0.3) is 5.91 Å². The average Bonchev–Trinajstić information content (AvgIpc) is 2.18. The smallest absolute Gasteiger partial charge is 0.251 e. The first kappa shape index (κ1) is 12.2. The van der Waals surface area contributed by atoms with Gasteiger partial charge in [-0.2, -0.15) is 0 Å². The van der Waals surface area contributed by atoms with Gasteiger partial charge in [-0.05, 0) is 32.4 Å². The third kappa shape index (κ3) is 4.00. The second kappa shape index (κ2) is 5.26. The van der Waals surface area contributed by atoms with Gasteiger partial charge in [-0.3, -0.25) is 9.78 Å². The van der Waals surface area contributed by atoms with E-state index in [9.17, 15) is 4.79 Å². The number of nitrogens with zero attached hydrogens (tertiary/aromatic N) is 1. The van der Waals surface area contributed by atoms with E-state index in [2.05, 4.69) is 26.2 Å². The fourth-order valence-electron chi connectivity index (χ4n) is 1.18. The number of alkyl halides is 1. The van der Waals surface area contributed by atoms with Crippen molar-refractivity contribution in [3.8, 4) is 0 Å². The zero-order valence-electron chi connectivity index (χ0n) is 8.96. The Labute approximate surface area is 98.4 Å². The predicted octanol–water partition coefficient (Wildman–Crippen LogP) is 2.38. The van der Waals surface area contributed by atoms with Gasteiger partial charge in [0, 0.05) is 28.8 Å². The third-order valence-corrected chi connectivity index (χ3v) is 2.51. The molecule has 15 heavy (non-hydrogen) atoms. The summed E-state index contributed by atoms with van der Waals surface area (Å²) in [5.41, 5.74) is 0.455. The highest BCUT2D eigenvalue weighted by atomic mass is 79.9. The lowest BCUT2D eigenvalue weighted by molar-refractivity contribution is 0.0912. The molecule has 1 aromatic rings. The van der Waals surface area contributed by atoms with Gasteiger partial charge in [0.15, 0.2) is 0 Å². The maximum absolute atomic E-state index is 11.8. The SMILES string of the molecule is CC(C)(CCBr)NC(=O)c1ccncc1. The lowest BCUT2D eigenvalue weighted by Crippen LogP contribution is -2.43. The molecule has 3 nitrogen and oxygen atoms in total. The van der Waals surface area contributed by atoms with E-state index in [0.717, 1.165) is 11.8 Å². The summed E-state index contributed by atoms with van der Waals surface area (Å²) in [5, 5.41) is 3.85. The van der Waals surface area contributed by atoms with Crippen LogP contribution in [-0.4, -0.2) is 21.8 Å². The molecule has 0 aliphatic carbocycles. The topological polar surface area (TPSA) is 42.0 Å². The molecule has 0 unspecified atom stereocenters. The summed E-state index contributed by atoms with van der Waals surface area (Å²) in [4.78, 5) is 15.7. The molecule has 0 saturated heterocycles. The highest BCUT2D eigenvalue weighted by molar-refractivity contribution is 9.09. The van der Waals surface area contributed by atoms with Crippen LogP contribution < -0.4 is 5.32 Å². The van der Waals surface area contributed by atoms with Crippen LogP contribution in [0.3, 0.4) is 0 Å². The minimum absolute atomic E-state index is 0.0525. The van der Waals surface area contributed by atoms with Crippen LogP contribution >= 0.6 is 15.9 Å². The fourth-order valence-corrected chi connectivity index (χ4v) is 2.17. The molecule has 0 atom stereocenters. The molecule has 1 rings (SSSR count). The van der Waals surface area contributed by atoms with E-state index in [4.69, 9.17) is 0 Å². The number of aromatic nitrogens is 1. The molecule has 1 heterocycles. The number of halogens is 1. The molecule has 0 aliphatic heterocycles. The van der Waals surface area contributed by atoms with E-state index in [1.807, 2.05) is 13.8 Å². The first-order valence-corrected chi connectivity index (χ1v) is 5.96. The molecule has 0 spiro atoms. The van der Waals surface area contributed by atoms with Crippen LogP contribution in [0, 0.1) is 0 Å². The van der Waals surface area contributed by atoms with Crippen molar-refractivity contribution in [2.45, 2.75) is 25.8 Å². The molecule has 0 aromatic carbocycles. The second-order valence-electron chi connectivity index (χ2n) is 4.01. The Kier molecular flexibility index (Phi) is 4.27. The zero-order valence-corrected chi connectivity index (χ0v) is 10.5. The van der Waals surface area contributed by atoms with E-state index in [0.29, 0.717) is 5.56 Å². The number of amides is 1. The molecular formula is C11H15BrN2O. The van der Waals surface area contributed by atoms with Gasteiger partial charge in [-0.25, -0.2) is 0 Å². The molecule has 82 valence electrons. The molecule has 0 fully saturated rings. The first-order valence-electron chi connectivity index (χ1n) is 4.84. The Morgan fingerprint density at radius 3 is 2.60 bits per heavy atom. The van der Waals surface area contributed by atoms with Crippen molar-refractivity contribution in [2.75, 3.05) is 5.33 Å². The number of hydrogen-bond acceptors (Lipinski definition) is 2. The molecule has 4 heteroatoms. The van der Waals surface area contributed by atoms with Crippen LogP contribution in [0.15, 0.2) is 24.5 Å². The minimum Gasteiger partial charge on any atom is -0.347 e. The Morgan fingerprint density at radius 2 is 2.07 bits per heavy atom. The van der Waals surface area contributed by atoms with Gasteiger partial charge < -0.3 is 5.32 Å². The monoisotopic (exact) mass is 270 g/mol. The number of carbonyl (C=O) groups excluding carboxylic acids is 1. The summed E-state index contributed by atoms with van der Waals surface area (Å²) in [6, 6.07) is 3.42. The molecule has 0 radical (unpaired) electrons. The first-order chi connectivity index (χ1) is 7.05. The van der Waals surface area contributed by atoms with Crippen molar-refractivity contribution in [2.24, 2.45) is 0 Å². The lowest BCUT2D eigenvalue weighted by atomic mass is 10.0. The summed E-state index contributed by atoms with van der Waals surface area (Å²) < 4.78 is 0. The van der Waals surface area contributed by atoms with Crippen LogP contribution in [0.1, 0.15) is 30.6 Å². The summed E-state index contributed by atoms with van der Waals surface area (Å²) in [6.45, 7) is 4.01. The number of nitrogens with one attached hydrogen (secondary N) is 1. The summed E-state index contributed by atoms with van der Waals surface area (Å²) in [6.07, 6.45) is 4.13. The van der Waals surface area contributed by atoms with Gasteiger partial charge in [-0.1, -0.05) is 15.9 Å². The van der Waals surface area contributed by atoms with E-state index < -0.39 is 0 Å². The summed E-state index contributed by atoms with van der Waals surface area (Å²) in [5.74, 6) is -0.0525. The minimum atomic E-state index is -0.191. The van der Waals surface area contributed by atoms with Crippen LogP contribution in [0.4, 0.5) is 0 Å². The van der Waals surface area contributed by atoms with Crippen LogP contribution in [-0.2, 0) is 0 Å². The van der Waals surface area contributed by atoms with Crippen LogP contribution in [0.25, 0.3) is 0 Å². The quantitative estimate of drug-likeness (QED) is 0.854. The van der Waals surface area contributed by atoms with Crippen molar-refractivity contribution in [3.63, 3.8) is 0 Å². The van der Waals surface area contributed by atoms with Gasteiger partial charge in [0.2, 0.25) is 0 Å². The number of hydrogen-bond donors (Lipinski definition) is 1. The van der Waals surface area contributed by atoms with Crippen molar-refractivity contribution in [1.29, 1.82) is 0 Å². The third-order valence-electron chi connectivity index (χ3n) is 2.11. The standard InChI is InChI=1S/C11H15BrN2O/c1-11(2,5-6-12)14-10(15)9-3-7-13-8-4-9/h3-4,7-8H,5-6H2,1-2H3,(H,14,15). The maximum Gasteiger partial charge on any atom is 0.251 e. The van der Waals surface area contributed by atoms with E-state index in [1.165, 1.54) is 0 Å². The zero-order chi connectivity index (χ0) is 11.3. The van der Waals surface area contributed by atoms with Gasteiger partial charge in [0.1, 0.15) is 0 Å². The Morgan fingerprint density at radius 1 is 1.47 bits per heavy atom. The van der Waals surface area contributed by atoms with Gasteiger partial charge >= 0.3 is 0 Å². The van der Waals surface area contributed by atoms with Gasteiger partial charge in [-0.15, -0.1) is 0 Å². The number of pyridine rings is 1. The van der Waals surface area contributed by atoms with E-state index in [1.54, 1.807) is 24.5 Å². The molecule has 1 N–H and O–H groups in total. The number of carbonyl (C=O) groups is 1. The van der Waals surface area contributed by atoms with Gasteiger partial charge in [0.05, 0.1) is 0 Å². The molecule has 0 aliphatic rings. The summed E-state index contributed by atoms with van der Waals surface area (Å²) in [7, 11) is 0. The molecule has 1 aromatic heterocycles. The van der Waals surface area contributed by atoms with E-state index in [-0.39, 0.29) is 11.4 Å². The number of rotatable bonds is 4. The van der Waals surface area contributed by atoms with Crippen LogP contribution in [0.5, 0.6) is 0 Å². The van der Waals surface area contributed by atoms with Crippen LogP contribution in [0.2, 0.25) is 0 Å². The molecular weight excluding hydrogens is 256 g/mol. The second-order valence-corrected chi connectivity index (χ2v) is 4.81. The fraction of sp³-hybridized carbons (Fsp3) is 0.455. The Balaban J connectivity index is 2.64. The normalized spacial score (nSPS) is 11.1. The average molecular weight is 271 g/mol. The highest BCUT2D eigenvalue weighted by Gasteiger charge is 2.19. The van der Waals surface area contributed by atoms with Crippen molar-refractivity contribution in [3.05, 3.63) is 30.1 Å². The van der Waals surface area contributed by atoms with Crippen molar-refractivity contribution in [1.82, 2.24) is 10.3 Å². The molecule has 0 bridgehead atoms. The highest BCUT2D eigenvalue weighted by Crippen LogP contribution is 2.11.